The maximum Gasteiger partial charge on any atom is 0.311 e. The van der Waals surface area contributed by atoms with Crippen LogP contribution in [0.25, 0.3) is 22.1 Å². The summed E-state index contributed by atoms with van der Waals surface area (Å²) in [5, 5.41) is 3.73. The molecule has 2 heterocycles. The van der Waals surface area contributed by atoms with E-state index in [1.807, 2.05) is 18.2 Å². The number of hydrogen-bond donors (Lipinski definition) is 1. The van der Waals surface area contributed by atoms with E-state index in [0.717, 1.165) is 24.6 Å². The molecular weight excluding hydrogens is 374 g/mol. The number of carbonyl (C=O) groups excluding carboxylic acids is 2. The van der Waals surface area contributed by atoms with Gasteiger partial charge in [0.1, 0.15) is 17.6 Å². The van der Waals surface area contributed by atoms with Gasteiger partial charge >= 0.3 is 5.97 Å². The minimum Gasteiger partial charge on any atom is -0.469 e. The number of ether oxygens (including phenoxy) is 1. The average molecular weight is 395 g/mol. The molecule has 2 aliphatic rings. The maximum atomic E-state index is 12.8. The van der Waals surface area contributed by atoms with Crippen molar-refractivity contribution >= 4 is 33.9 Å². The number of benzene rings is 1. The first-order valence-corrected chi connectivity index (χ1v) is 9.80. The zero-order valence-electron chi connectivity index (χ0n) is 16.0. The molecule has 0 unspecified atom stereocenters. The summed E-state index contributed by atoms with van der Waals surface area (Å²) in [7, 11) is 1.38. The number of esters is 1. The molecule has 150 valence electrons. The van der Waals surface area contributed by atoms with Crippen LogP contribution in [0.15, 0.2) is 39.8 Å². The van der Waals surface area contributed by atoms with E-state index in [9.17, 15) is 14.4 Å². The molecule has 8 nitrogen and oxygen atoms in total. The predicted octanol–water partition coefficient (Wildman–Crippen LogP) is 1.85. The van der Waals surface area contributed by atoms with Crippen LogP contribution in [0.5, 0.6) is 0 Å². The van der Waals surface area contributed by atoms with Crippen LogP contribution in [0, 0.1) is 17.8 Å². The normalized spacial score (nSPS) is 25.6. The largest absolute Gasteiger partial charge is 0.469 e. The summed E-state index contributed by atoms with van der Waals surface area (Å²) in [4.78, 5) is 42.0. The Balaban J connectivity index is 1.39. The molecule has 4 atom stereocenters. The summed E-state index contributed by atoms with van der Waals surface area (Å²) in [6, 6.07) is 7.05. The molecule has 29 heavy (non-hydrogen) atoms. The molecule has 2 fully saturated rings. The van der Waals surface area contributed by atoms with Crippen LogP contribution in [-0.4, -0.2) is 34.6 Å². The fourth-order valence-electron chi connectivity index (χ4n) is 5.09. The Morgan fingerprint density at radius 1 is 1.28 bits per heavy atom. The van der Waals surface area contributed by atoms with Crippen LogP contribution < -0.4 is 10.9 Å². The number of furan rings is 1. The lowest BCUT2D eigenvalue weighted by Gasteiger charge is -2.29. The smallest absolute Gasteiger partial charge is 0.311 e. The van der Waals surface area contributed by atoms with Crippen LogP contribution >= 0.6 is 0 Å². The second kappa shape index (κ2) is 6.72. The molecule has 3 aromatic rings. The average Bonchev–Trinajstić information content (AvgIpc) is 3.42. The number of hydrogen-bond acceptors (Lipinski definition) is 6. The van der Waals surface area contributed by atoms with E-state index in [4.69, 9.17) is 9.15 Å². The van der Waals surface area contributed by atoms with E-state index in [1.165, 1.54) is 18.0 Å². The van der Waals surface area contributed by atoms with Gasteiger partial charge in [-0.25, -0.2) is 4.98 Å². The van der Waals surface area contributed by atoms with E-state index in [-0.39, 0.29) is 47.8 Å². The van der Waals surface area contributed by atoms with Crippen molar-refractivity contribution < 1.29 is 18.7 Å². The SMILES string of the molecule is COC(=O)[C@H]1[C@H]2CC[C@@H](C2)[C@H]1NC(=O)Cn1cnc2c(oc3ccccc32)c1=O. The third-order valence-corrected chi connectivity index (χ3v) is 6.38. The van der Waals surface area contributed by atoms with Crippen molar-refractivity contribution in [3.05, 3.63) is 40.9 Å². The maximum absolute atomic E-state index is 12.8. The number of amides is 1. The fraction of sp³-hybridized carbons (Fsp3) is 0.429. The molecular formula is C21H21N3O5. The zero-order chi connectivity index (χ0) is 20.1. The standard InChI is InChI=1S/C21H21N3O5/c1-28-21(27)16-11-6-7-12(8-11)17(16)23-15(25)9-24-10-22-18-13-4-2-3-5-14(13)29-19(18)20(24)26/h2-5,10-12,16-17H,6-9H2,1H3,(H,23,25)/t11-,12-,16-,17+/m0/s1. The molecule has 2 aromatic heterocycles. The topological polar surface area (TPSA) is 103 Å². The summed E-state index contributed by atoms with van der Waals surface area (Å²) in [5.74, 6) is -0.369. The van der Waals surface area contributed by atoms with E-state index in [1.54, 1.807) is 6.07 Å². The molecule has 0 spiro atoms. The van der Waals surface area contributed by atoms with Crippen LogP contribution in [0.3, 0.4) is 0 Å². The Morgan fingerprint density at radius 2 is 2.07 bits per heavy atom. The van der Waals surface area contributed by atoms with Gasteiger partial charge in [0.15, 0.2) is 0 Å². The van der Waals surface area contributed by atoms with Gasteiger partial charge in [-0.1, -0.05) is 12.1 Å². The third-order valence-electron chi connectivity index (χ3n) is 6.38. The van der Waals surface area contributed by atoms with E-state index >= 15 is 0 Å². The van der Waals surface area contributed by atoms with Gasteiger partial charge in [0.05, 0.1) is 19.4 Å². The lowest BCUT2D eigenvalue weighted by molar-refractivity contribution is -0.148. The van der Waals surface area contributed by atoms with Crippen molar-refractivity contribution in [2.75, 3.05) is 7.11 Å². The number of aromatic nitrogens is 2. The van der Waals surface area contributed by atoms with E-state index in [0.29, 0.717) is 11.1 Å². The molecule has 0 aliphatic heterocycles. The third kappa shape index (κ3) is 2.82. The Morgan fingerprint density at radius 3 is 2.90 bits per heavy atom. The van der Waals surface area contributed by atoms with Crippen molar-refractivity contribution in [3.63, 3.8) is 0 Å². The number of rotatable bonds is 4. The first-order chi connectivity index (χ1) is 14.1. The first-order valence-electron chi connectivity index (χ1n) is 9.80. The Kier molecular flexibility index (Phi) is 4.15. The molecule has 2 saturated carbocycles. The molecule has 2 aliphatic carbocycles. The Bertz CT molecular complexity index is 1180. The van der Waals surface area contributed by atoms with Crippen molar-refractivity contribution in [2.24, 2.45) is 17.8 Å². The summed E-state index contributed by atoms with van der Waals surface area (Å²) in [6.45, 7) is -0.180. The zero-order valence-corrected chi connectivity index (χ0v) is 16.0. The van der Waals surface area contributed by atoms with Gasteiger partial charge in [-0.15, -0.1) is 0 Å². The van der Waals surface area contributed by atoms with E-state index in [2.05, 4.69) is 10.3 Å². The molecule has 1 amide bonds. The molecule has 0 saturated heterocycles. The molecule has 8 heteroatoms. The van der Waals surface area contributed by atoms with Gasteiger partial charge < -0.3 is 14.5 Å². The monoisotopic (exact) mass is 395 g/mol. The lowest BCUT2D eigenvalue weighted by Crippen LogP contribution is -2.48. The Hall–Kier alpha value is -3.16. The summed E-state index contributed by atoms with van der Waals surface area (Å²) >= 11 is 0. The number of carbonyl (C=O) groups is 2. The highest BCUT2D eigenvalue weighted by molar-refractivity contribution is 6.01. The quantitative estimate of drug-likeness (QED) is 0.676. The number of methoxy groups -OCH3 is 1. The highest BCUT2D eigenvalue weighted by atomic mass is 16.5. The highest BCUT2D eigenvalue weighted by Crippen LogP contribution is 2.48. The minimum atomic E-state index is -0.404. The molecule has 1 aromatic carbocycles. The van der Waals surface area contributed by atoms with Gasteiger partial charge in [0.2, 0.25) is 11.5 Å². The molecule has 0 radical (unpaired) electrons. The van der Waals surface area contributed by atoms with E-state index < -0.39 is 5.56 Å². The van der Waals surface area contributed by atoms with Crippen LogP contribution in [0.1, 0.15) is 19.3 Å². The highest BCUT2D eigenvalue weighted by Gasteiger charge is 2.51. The second-order valence-electron chi connectivity index (χ2n) is 7.93. The molecule has 2 bridgehead atoms. The number of nitrogens with one attached hydrogen (secondary N) is 1. The van der Waals surface area contributed by atoms with Crippen LogP contribution in [0.4, 0.5) is 0 Å². The number of para-hydroxylation sites is 1. The lowest BCUT2D eigenvalue weighted by atomic mass is 9.84. The van der Waals surface area contributed by atoms with Crippen molar-refractivity contribution in [1.82, 2.24) is 14.9 Å². The van der Waals surface area contributed by atoms with Gasteiger partial charge in [0, 0.05) is 11.4 Å². The second-order valence-corrected chi connectivity index (χ2v) is 7.93. The van der Waals surface area contributed by atoms with Gasteiger partial charge in [0.25, 0.3) is 5.56 Å². The van der Waals surface area contributed by atoms with Gasteiger partial charge in [-0.2, -0.15) is 0 Å². The van der Waals surface area contributed by atoms with Crippen molar-refractivity contribution in [1.29, 1.82) is 0 Å². The first kappa shape index (κ1) is 17.9. The summed E-state index contributed by atoms with van der Waals surface area (Å²) in [6.07, 6.45) is 4.28. The number of fused-ring (bicyclic) bond motifs is 5. The van der Waals surface area contributed by atoms with Gasteiger partial charge in [-0.3, -0.25) is 19.0 Å². The fourth-order valence-corrected chi connectivity index (χ4v) is 5.09. The summed E-state index contributed by atoms with van der Waals surface area (Å²) in [5.41, 5.74) is 0.797. The van der Waals surface area contributed by atoms with Crippen molar-refractivity contribution in [2.45, 2.75) is 31.8 Å². The van der Waals surface area contributed by atoms with Crippen LogP contribution in [0.2, 0.25) is 0 Å². The predicted molar refractivity (Wildman–Crippen MR) is 104 cm³/mol. The minimum absolute atomic E-state index is 0.133. The Labute approximate surface area is 165 Å². The molecule has 1 N–H and O–H groups in total. The van der Waals surface area contributed by atoms with Gasteiger partial charge in [-0.05, 0) is 43.2 Å². The number of nitrogens with zero attached hydrogens (tertiary/aromatic N) is 2. The van der Waals surface area contributed by atoms with Crippen molar-refractivity contribution in [3.8, 4) is 0 Å². The summed E-state index contributed by atoms with van der Waals surface area (Å²) < 4.78 is 11.8. The van der Waals surface area contributed by atoms with Crippen LogP contribution in [-0.2, 0) is 20.9 Å². The molecule has 5 rings (SSSR count).